The third-order valence-corrected chi connectivity index (χ3v) is 6.36. The maximum atomic E-state index is 15.0. The van der Waals surface area contributed by atoms with Gasteiger partial charge in [-0.25, -0.2) is 9.18 Å². The van der Waals surface area contributed by atoms with E-state index in [1.165, 1.54) is 24.0 Å². The molecule has 6 nitrogen and oxygen atoms in total. The molecule has 3 aromatic carbocycles. The Morgan fingerprint density at radius 2 is 1.66 bits per heavy atom. The summed E-state index contributed by atoms with van der Waals surface area (Å²) in [6.07, 6.45) is -10.8. The molecule has 2 N–H and O–H groups in total. The predicted molar refractivity (Wildman–Crippen MR) is 135 cm³/mol. The lowest BCUT2D eigenvalue weighted by Gasteiger charge is -2.16. The van der Waals surface area contributed by atoms with Gasteiger partial charge in [0.1, 0.15) is 11.9 Å². The number of nitrogens with one attached hydrogen (secondary N) is 2. The van der Waals surface area contributed by atoms with Crippen molar-refractivity contribution in [1.82, 2.24) is 10.6 Å². The number of cyclic esters (lactones) is 1. The number of rotatable bonds is 8. The molecule has 0 radical (unpaired) electrons. The van der Waals surface area contributed by atoms with Crippen LogP contribution in [-0.4, -0.2) is 31.2 Å². The minimum absolute atomic E-state index is 0.0476. The van der Waals surface area contributed by atoms with Gasteiger partial charge in [-0.1, -0.05) is 24.3 Å². The van der Waals surface area contributed by atoms with E-state index >= 15 is 0 Å². The van der Waals surface area contributed by atoms with Crippen molar-refractivity contribution in [2.45, 2.75) is 38.5 Å². The van der Waals surface area contributed by atoms with Gasteiger partial charge in [-0.05, 0) is 53.1 Å². The van der Waals surface area contributed by atoms with Gasteiger partial charge in [0.25, 0.3) is 0 Å². The Hall–Kier alpha value is -4.13. The van der Waals surface area contributed by atoms with Crippen molar-refractivity contribution in [2.24, 2.45) is 0 Å². The van der Waals surface area contributed by atoms with Crippen LogP contribution in [0.25, 0.3) is 11.1 Å². The molecule has 1 unspecified atom stereocenters. The first-order valence-corrected chi connectivity index (χ1v) is 12.3. The van der Waals surface area contributed by atoms with E-state index < -0.39 is 53.6 Å². The Morgan fingerprint density at radius 3 is 2.27 bits per heavy atom. The van der Waals surface area contributed by atoms with Crippen LogP contribution in [0.2, 0.25) is 0 Å². The molecule has 0 saturated carbocycles. The predicted octanol–water partition coefficient (Wildman–Crippen LogP) is 6.28. The summed E-state index contributed by atoms with van der Waals surface area (Å²) in [5, 5.41) is 5.28. The lowest BCUT2D eigenvalue weighted by molar-refractivity contribution is -0.141. The van der Waals surface area contributed by atoms with Crippen molar-refractivity contribution in [3.63, 3.8) is 0 Å². The second-order valence-electron chi connectivity index (χ2n) is 9.39. The first kappa shape index (κ1) is 29.8. The highest BCUT2D eigenvalue weighted by Crippen LogP contribution is 2.36. The van der Waals surface area contributed by atoms with Crippen molar-refractivity contribution in [3.05, 3.63) is 88.7 Å². The molecule has 0 spiro atoms. The van der Waals surface area contributed by atoms with Crippen LogP contribution in [0.4, 0.5) is 41.2 Å². The normalized spacial score (nSPS) is 15.7. The van der Waals surface area contributed by atoms with Crippen molar-refractivity contribution in [1.29, 1.82) is 0 Å². The Labute approximate surface area is 230 Å². The number of anilines is 1. The molecule has 1 aliphatic heterocycles. The minimum atomic E-state index is -4.81. The van der Waals surface area contributed by atoms with Crippen LogP contribution < -0.4 is 15.5 Å². The van der Waals surface area contributed by atoms with Gasteiger partial charge >= 0.3 is 18.4 Å². The molecule has 218 valence electrons. The summed E-state index contributed by atoms with van der Waals surface area (Å²) in [5.74, 6) is -0.890. The van der Waals surface area contributed by atoms with E-state index in [0.717, 1.165) is 0 Å². The number of carbonyl (C=O) groups excluding carboxylic acids is 2. The number of hydrogen-bond acceptors (Lipinski definition) is 4. The fourth-order valence-corrected chi connectivity index (χ4v) is 4.34. The largest absolute Gasteiger partial charge is 0.442 e. The van der Waals surface area contributed by atoms with Crippen LogP contribution in [0, 0.1) is 5.82 Å². The molecule has 0 aromatic heterocycles. The van der Waals surface area contributed by atoms with Gasteiger partial charge in [0.15, 0.2) is 0 Å². The molecule has 13 heteroatoms. The lowest BCUT2D eigenvalue weighted by Crippen LogP contribution is -2.33. The zero-order valence-electron chi connectivity index (χ0n) is 21.5. The van der Waals surface area contributed by atoms with Gasteiger partial charge in [-0.3, -0.25) is 9.69 Å². The second kappa shape index (κ2) is 11.8. The quantitative estimate of drug-likeness (QED) is 0.306. The van der Waals surface area contributed by atoms with Gasteiger partial charge in [0, 0.05) is 25.6 Å². The fraction of sp³-hybridized carbons (Fsp3) is 0.286. The number of ether oxygens (including phenoxy) is 1. The van der Waals surface area contributed by atoms with Gasteiger partial charge in [0.05, 0.1) is 29.9 Å². The number of benzene rings is 3. The summed E-state index contributed by atoms with van der Waals surface area (Å²) in [6, 6.07) is 11.9. The van der Waals surface area contributed by atoms with Gasteiger partial charge in [-0.15, -0.1) is 0 Å². The maximum absolute atomic E-state index is 15.0. The van der Waals surface area contributed by atoms with E-state index in [2.05, 4.69) is 10.6 Å². The second-order valence-corrected chi connectivity index (χ2v) is 9.39. The van der Waals surface area contributed by atoms with Crippen molar-refractivity contribution in [2.75, 3.05) is 18.0 Å². The molecule has 1 atom stereocenters. The summed E-state index contributed by atoms with van der Waals surface area (Å²) in [5.41, 5.74) is -1.26. The smallest absolute Gasteiger partial charge is 0.416 e. The van der Waals surface area contributed by atoms with Gasteiger partial charge < -0.3 is 15.4 Å². The molecule has 2 amide bonds. The summed E-state index contributed by atoms with van der Waals surface area (Å²) >= 11 is 0. The zero-order chi connectivity index (χ0) is 29.9. The molecule has 4 rings (SSSR count). The Balaban J connectivity index is 1.40. The number of hydrogen-bond donors (Lipinski definition) is 2. The summed E-state index contributed by atoms with van der Waals surface area (Å²) in [4.78, 5) is 24.5. The van der Waals surface area contributed by atoms with E-state index in [0.29, 0.717) is 29.3 Å². The summed E-state index contributed by atoms with van der Waals surface area (Å²) in [6.45, 7) is 1.18. The van der Waals surface area contributed by atoms with Gasteiger partial charge in [-0.2, -0.15) is 26.3 Å². The van der Waals surface area contributed by atoms with E-state index in [1.54, 1.807) is 30.3 Å². The highest BCUT2D eigenvalue weighted by molar-refractivity contribution is 5.90. The van der Waals surface area contributed by atoms with Crippen LogP contribution in [0.5, 0.6) is 0 Å². The van der Waals surface area contributed by atoms with Gasteiger partial charge in [0.2, 0.25) is 5.91 Å². The maximum Gasteiger partial charge on any atom is 0.416 e. The van der Waals surface area contributed by atoms with E-state index in [-0.39, 0.29) is 36.8 Å². The first-order chi connectivity index (χ1) is 19.2. The third-order valence-electron chi connectivity index (χ3n) is 6.36. The number of halogens is 7. The topological polar surface area (TPSA) is 70.7 Å². The minimum Gasteiger partial charge on any atom is -0.442 e. The fourth-order valence-electron chi connectivity index (χ4n) is 4.34. The van der Waals surface area contributed by atoms with Crippen LogP contribution >= 0.6 is 0 Å². The third kappa shape index (κ3) is 7.34. The monoisotopic (exact) mass is 583 g/mol. The number of amides is 2. The van der Waals surface area contributed by atoms with Crippen LogP contribution in [0.15, 0.2) is 60.7 Å². The molecule has 1 saturated heterocycles. The molecule has 1 fully saturated rings. The molecule has 41 heavy (non-hydrogen) atoms. The summed E-state index contributed by atoms with van der Waals surface area (Å²) < 4.78 is 99.1. The van der Waals surface area contributed by atoms with Crippen molar-refractivity contribution >= 4 is 17.7 Å². The highest BCUT2D eigenvalue weighted by atomic mass is 19.4. The molecule has 0 bridgehead atoms. The number of carbonyl (C=O) groups is 2. The van der Waals surface area contributed by atoms with Crippen LogP contribution in [0.3, 0.4) is 0 Å². The molecule has 3 aromatic rings. The van der Waals surface area contributed by atoms with Crippen LogP contribution in [-0.2, 0) is 35.0 Å². The zero-order valence-corrected chi connectivity index (χ0v) is 21.5. The average Bonchev–Trinajstić information content (AvgIpc) is 3.27. The van der Waals surface area contributed by atoms with E-state index in [4.69, 9.17) is 4.74 Å². The first-order valence-electron chi connectivity index (χ1n) is 12.3. The van der Waals surface area contributed by atoms with E-state index in [9.17, 15) is 40.3 Å². The Morgan fingerprint density at radius 1 is 0.951 bits per heavy atom. The highest BCUT2D eigenvalue weighted by Gasteiger charge is 2.37. The van der Waals surface area contributed by atoms with E-state index in [1.807, 2.05) is 0 Å². The van der Waals surface area contributed by atoms with Crippen molar-refractivity contribution in [3.8, 4) is 11.1 Å². The van der Waals surface area contributed by atoms with Crippen molar-refractivity contribution < 1.29 is 45.1 Å². The summed E-state index contributed by atoms with van der Waals surface area (Å²) in [7, 11) is 0. The number of nitrogens with zero attached hydrogens (tertiary/aromatic N) is 1. The molecule has 1 aliphatic rings. The Kier molecular flexibility index (Phi) is 8.57. The average molecular weight is 584 g/mol. The molecular formula is C28H24F7N3O3. The Bertz CT molecular complexity index is 1420. The standard InChI is InChI=1S/C28H24F7N3O3/c1-16(39)37-14-22-15-38(26(40)41-22)21-7-8-23(25(29)11-21)18-4-2-17(3-5-18)12-36-13-19-10-20(27(30,31)32)6-9-24(19)28(33,34)35/h2-11,22,36H,12-15H2,1H3,(H,37,39). The molecule has 1 heterocycles. The van der Waals surface area contributed by atoms with Crippen LogP contribution in [0.1, 0.15) is 29.2 Å². The SMILES string of the molecule is CC(=O)NCC1CN(c2ccc(-c3ccc(CNCc4cc(C(F)(F)F)ccc4C(F)(F)F)cc3)c(F)c2)C(=O)O1. The molecule has 0 aliphatic carbocycles. The number of alkyl halides is 6. The lowest BCUT2D eigenvalue weighted by atomic mass is 10.0. The molecular weight excluding hydrogens is 559 g/mol.